The second-order valence-corrected chi connectivity index (χ2v) is 2.15. The smallest absolute Gasteiger partial charge is 0.248 e. The summed E-state index contributed by atoms with van der Waals surface area (Å²) in [4.78, 5) is 10.4. The molecule has 0 aromatic carbocycles. The maximum atomic E-state index is 12.4. The summed E-state index contributed by atoms with van der Waals surface area (Å²) in [6.45, 7) is 0. The van der Waals surface area contributed by atoms with Crippen LogP contribution in [0, 0.1) is 0 Å². The van der Waals surface area contributed by atoms with Crippen molar-refractivity contribution in [1.82, 2.24) is 0 Å². The predicted octanol–water partition coefficient (Wildman–Crippen LogP) is 1.05. The quantitative estimate of drug-likeness (QED) is 0.582. The van der Waals surface area contributed by atoms with E-state index in [1.807, 2.05) is 0 Å². The fourth-order valence-corrected chi connectivity index (χ4v) is 0.837. The molecule has 10 heavy (non-hydrogen) atoms. The van der Waals surface area contributed by atoms with Crippen molar-refractivity contribution in [1.29, 1.82) is 0 Å². The highest BCUT2D eigenvalue weighted by Gasteiger charge is 2.07. The van der Waals surface area contributed by atoms with Crippen LogP contribution < -0.4 is 5.73 Å². The summed E-state index contributed by atoms with van der Waals surface area (Å²) in [5, 5.41) is 0. The van der Waals surface area contributed by atoms with Gasteiger partial charge in [0.1, 0.15) is 5.83 Å². The van der Waals surface area contributed by atoms with E-state index in [2.05, 4.69) is 0 Å². The maximum absolute atomic E-state index is 12.4. The molecule has 0 unspecified atom stereocenters. The van der Waals surface area contributed by atoms with Crippen LogP contribution in [-0.4, -0.2) is 5.91 Å². The lowest BCUT2D eigenvalue weighted by Crippen LogP contribution is -2.13. The number of allylic oxidation sites excluding steroid dienone is 2. The summed E-state index contributed by atoms with van der Waals surface area (Å²) >= 11 is 0. The molecule has 0 aromatic rings. The number of nitrogens with two attached hydrogens (primary N) is 1. The van der Waals surface area contributed by atoms with E-state index in [0.29, 0.717) is 12.8 Å². The Labute approximate surface area is 58.2 Å². The van der Waals surface area contributed by atoms with E-state index < -0.39 is 5.91 Å². The number of carbonyl (C=O) groups excluding carboxylic acids is 1. The average Bonchev–Trinajstić information content (AvgIpc) is 1.88. The summed E-state index contributed by atoms with van der Waals surface area (Å²) in [5.41, 5.74) is 5.19. The Kier molecular flexibility index (Phi) is 1.85. The van der Waals surface area contributed by atoms with Crippen molar-refractivity contribution in [2.75, 3.05) is 0 Å². The second-order valence-electron chi connectivity index (χ2n) is 2.15. The van der Waals surface area contributed by atoms with Gasteiger partial charge in [-0.3, -0.25) is 4.79 Å². The van der Waals surface area contributed by atoms with Crippen molar-refractivity contribution in [2.45, 2.75) is 12.8 Å². The molecular formula is C7H8FNO. The normalized spacial score (nSPS) is 17.7. The molecule has 1 rings (SSSR count). The highest BCUT2D eigenvalue weighted by molar-refractivity contribution is 5.95. The lowest BCUT2D eigenvalue weighted by atomic mass is 10.1. The minimum atomic E-state index is -0.560. The van der Waals surface area contributed by atoms with Crippen LogP contribution >= 0.6 is 0 Å². The molecule has 0 aliphatic heterocycles. The molecule has 1 aliphatic carbocycles. The Morgan fingerprint density at radius 2 is 2.40 bits per heavy atom. The Morgan fingerprint density at radius 3 is 2.80 bits per heavy atom. The van der Waals surface area contributed by atoms with Gasteiger partial charge in [0.05, 0.1) is 0 Å². The first-order valence-corrected chi connectivity index (χ1v) is 3.06. The number of carbonyl (C=O) groups is 1. The molecular weight excluding hydrogens is 133 g/mol. The molecule has 0 atom stereocenters. The van der Waals surface area contributed by atoms with Gasteiger partial charge in [-0.25, -0.2) is 4.39 Å². The molecule has 2 N–H and O–H groups in total. The first-order chi connectivity index (χ1) is 4.70. The van der Waals surface area contributed by atoms with Gasteiger partial charge in [-0.05, 0) is 12.5 Å². The minimum absolute atomic E-state index is 0.267. The van der Waals surface area contributed by atoms with Crippen LogP contribution in [0.1, 0.15) is 12.8 Å². The molecule has 0 saturated carbocycles. The Hall–Kier alpha value is -1.12. The third-order valence-corrected chi connectivity index (χ3v) is 1.34. The van der Waals surface area contributed by atoms with E-state index in [-0.39, 0.29) is 11.4 Å². The van der Waals surface area contributed by atoms with Crippen molar-refractivity contribution >= 4 is 5.91 Å². The van der Waals surface area contributed by atoms with Crippen LogP contribution in [0.5, 0.6) is 0 Å². The van der Waals surface area contributed by atoms with Gasteiger partial charge in [0, 0.05) is 12.0 Å². The summed E-state index contributed by atoms with van der Waals surface area (Å²) in [7, 11) is 0. The monoisotopic (exact) mass is 141 g/mol. The van der Waals surface area contributed by atoms with Gasteiger partial charge in [0.25, 0.3) is 0 Å². The third-order valence-electron chi connectivity index (χ3n) is 1.34. The van der Waals surface area contributed by atoms with E-state index in [9.17, 15) is 9.18 Å². The number of hydrogen-bond donors (Lipinski definition) is 1. The molecule has 0 radical (unpaired) electrons. The van der Waals surface area contributed by atoms with Crippen molar-refractivity contribution in [3.05, 3.63) is 23.6 Å². The lowest BCUT2D eigenvalue weighted by Gasteiger charge is -2.03. The number of rotatable bonds is 1. The Balaban J connectivity index is 2.79. The maximum Gasteiger partial charge on any atom is 0.248 e. The van der Waals surface area contributed by atoms with Crippen LogP contribution in [0.15, 0.2) is 23.6 Å². The highest BCUT2D eigenvalue weighted by atomic mass is 19.1. The molecule has 1 amide bonds. The van der Waals surface area contributed by atoms with E-state index in [1.54, 1.807) is 6.08 Å². The SMILES string of the molecule is NC(=O)C1=CCCC(F)=C1. The summed E-state index contributed by atoms with van der Waals surface area (Å²) in [5.74, 6) is -0.828. The fourth-order valence-electron chi connectivity index (χ4n) is 0.837. The Bertz CT molecular complexity index is 218. The number of halogens is 1. The predicted molar refractivity (Wildman–Crippen MR) is 35.7 cm³/mol. The number of amides is 1. The zero-order valence-corrected chi connectivity index (χ0v) is 5.43. The molecule has 0 spiro atoms. The average molecular weight is 141 g/mol. The molecule has 54 valence electrons. The molecule has 1 aliphatic rings. The van der Waals surface area contributed by atoms with Crippen LogP contribution in [-0.2, 0) is 4.79 Å². The topological polar surface area (TPSA) is 43.1 Å². The fraction of sp³-hybridized carbons (Fsp3) is 0.286. The second kappa shape index (κ2) is 2.64. The minimum Gasteiger partial charge on any atom is -0.366 e. The van der Waals surface area contributed by atoms with Crippen molar-refractivity contribution in [3.8, 4) is 0 Å². The Morgan fingerprint density at radius 1 is 1.70 bits per heavy atom. The van der Waals surface area contributed by atoms with E-state index in [4.69, 9.17) is 5.73 Å². The van der Waals surface area contributed by atoms with Gasteiger partial charge < -0.3 is 5.73 Å². The van der Waals surface area contributed by atoms with Gasteiger partial charge in [-0.1, -0.05) is 6.08 Å². The van der Waals surface area contributed by atoms with Crippen molar-refractivity contribution in [3.63, 3.8) is 0 Å². The van der Waals surface area contributed by atoms with Gasteiger partial charge in [-0.15, -0.1) is 0 Å². The van der Waals surface area contributed by atoms with Crippen LogP contribution in [0.3, 0.4) is 0 Å². The third kappa shape index (κ3) is 1.43. The summed E-state index contributed by atoms with van der Waals surface area (Å²) in [6, 6.07) is 0. The molecule has 0 bridgehead atoms. The van der Waals surface area contributed by atoms with Gasteiger partial charge in [0.2, 0.25) is 5.91 Å². The van der Waals surface area contributed by atoms with Gasteiger partial charge in [-0.2, -0.15) is 0 Å². The zero-order chi connectivity index (χ0) is 7.56. The molecule has 0 heterocycles. The summed E-state index contributed by atoms with van der Waals surface area (Å²) < 4.78 is 12.4. The first-order valence-electron chi connectivity index (χ1n) is 3.06. The standard InChI is InChI=1S/C7H8FNO/c8-6-3-1-2-5(4-6)7(9)10/h2,4H,1,3H2,(H2,9,10). The summed E-state index contributed by atoms with van der Waals surface area (Å²) in [6.07, 6.45) is 3.79. The van der Waals surface area contributed by atoms with E-state index in [0.717, 1.165) is 0 Å². The number of hydrogen-bond acceptors (Lipinski definition) is 1. The molecule has 0 aromatic heterocycles. The lowest BCUT2D eigenvalue weighted by molar-refractivity contribution is -0.114. The van der Waals surface area contributed by atoms with E-state index >= 15 is 0 Å². The molecule has 3 heteroatoms. The number of primary amides is 1. The van der Waals surface area contributed by atoms with Gasteiger partial charge in [0.15, 0.2) is 0 Å². The molecule has 2 nitrogen and oxygen atoms in total. The van der Waals surface area contributed by atoms with Gasteiger partial charge >= 0.3 is 0 Å². The molecule has 0 saturated heterocycles. The van der Waals surface area contributed by atoms with Crippen LogP contribution in [0.4, 0.5) is 4.39 Å². The highest BCUT2D eigenvalue weighted by Crippen LogP contribution is 2.17. The van der Waals surface area contributed by atoms with Crippen LogP contribution in [0.25, 0.3) is 0 Å². The van der Waals surface area contributed by atoms with Crippen molar-refractivity contribution in [2.24, 2.45) is 5.73 Å². The largest absolute Gasteiger partial charge is 0.366 e. The zero-order valence-electron chi connectivity index (χ0n) is 5.43. The van der Waals surface area contributed by atoms with Crippen LogP contribution in [0.2, 0.25) is 0 Å². The van der Waals surface area contributed by atoms with Crippen molar-refractivity contribution < 1.29 is 9.18 Å². The first kappa shape index (κ1) is 6.99. The van der Waals surface area contributed by atoms with E-state index in [1.165, 1.54) is 6.08 Å². The molecule has 0 fully saturated rings.